The first kappa shape index (κ1) is 26.5. The van der Waals surface area contributed by atoms with Gasteiger partial charge in [-0.1, -0.05) is 58.4 Å². The van der Waals surface area contributed by atoms with Gasteiger partial charge in [0.25, 0.3) is 0 Å². The fourth-order valence-corrected chi connectivity index (χ4v) is 3.28. The summed E-state index contributed by atoms with van der Waals surface area (Å²) in [6.45, 7) is 9.43. The van der Waals surface area contributed by atoms with Crippen molar-refractivity contribution in [3.05, 3.63) is 66.7 Å². The first-order valence-corrected chi connectivity index (χ1v) is 12.4. The zero-order valence-electron chi connectivity index (χ0n) is 20.4. The lowest BCUT2D eigenvalue weighted by atomic mass is 10.1. The van der Waals surface area contributed by atoms with Gasteiger partial charge in [-0.2, -0.15) is 0 Å². The zero-order valence-corrected chi connectivity index (χ0v) is 20.4. The number of carbonyl (C=O) groups excluding carboxylic acids is 1. The van der Waals surface area contributed by atoms with E-state index in [9.17, 15) is 4.79 Å². The van der Waals surface area contributed by atoms with Crippen molar-refractivity contribution in [3.8, 4) is 17.2 Å². The lowest BCUT2D eigenvalue weighted by molar-refractivity contribution is 0.0734. The smallest absolute Gasteiger partial charge is 0.343 e. The molecule has 0 saturated carbocycles. The molecule has 0 bridgehead atoms. The molecule has 180 valence electrons. The minimum Gasteiger partial charge on any atom is -0.494 e. The molecule has 2 aromatic carbocycles. The highest BCUT2D eigenvalue weighted by atomic mass is 16.5. The Morgan fingerprint density at radius 2 is 1.36 bits per heavy atom. The largest absolute Gasteiger partial charge is 0.494 e. The molecule has 0 fully saturated rings. The Morgan fingerprint density at radius 3 is 2.00 bits per heavy atom. The maximum absolute atomic E-state index is 12.4. The summed E-state index contributed by atoms with van der Waals surface area (Å²) in [5, 5.41) is 0. The number of ether oxygens (including phenoxy) is 3. The number of benzene rings is 2. The van der Waals surface area contributed by atoms with Crippen LogP contribution in [-0.2, 0) is 0 Å². The Bertz CT molecular complexity index is 795. The van der Waals surface area contributed by atoms with Gasteiger partial charge in [0.1, 0.15) is 17.2 Å². The summed E-state index contributed by atoms with van der Waals surface area (Å²) in [5.41, 5.74) is 0.493. The van der Waals surface area contributed by atoms with Gasteiger partial charge in [0.2, 0.25) is 0 Å². The van der Waals surface area contributed by atoms with Crippen molar-refractivity contribution < 1.29 is 19.0 Å². The monoisotopic (exact) mass is 452 g/mol. The average Bonchev–Trinajstić information content (AvgIpc) is 2.85. The SMILES string of the molecule is C=CCCCCCCCCCOc1ccc(OC(=O)c2ccc(OCC(C)CC)cc2)cc1. The maximum atomic E-state index is 12.4. The average molecular weight is 453 g/mol. The van der Waals surface area contributed by atoms with E-state index in [4.69, 9.17) is 14.2 Å². The van der Waals surface area contributed by atoms with Crippen LogP contribution >= 0.6 is 0 Å². The summed E-state index contributed by atoms with van der Waals surface area (Å²) in [4.78, 5) is 12.4. The molecule has 0 aromatic heterocycles. The van der Waals surface area contributed by atoms with Crippen molar-refractivity contribution in [1.29, 1.82) is 0 Å². The van der Waals surface area contributed by atoms with Gasteiger partial charge in [0, 0.05) is 0 Å². The highest BCUT2D eigenvalue weighted by molar-refractivity contribution is 5.91. The number of carbonyl (C=O) groups is 1. The quantitative estimate of drug-likeness (QED) is 0.105. The molecule has 0 saturated heterocycles. The van der Waals surface area contributed by atoms with Gasteiger partial charge in [-0.25, -0.2) is 4.79 Å². The second-order valence-electron chi connectivity index (χ2n) is 8.61. The molecule has 0 amide bonds. The third-order valence-electron chi connectivity index (χ3n) is 5.68. The molecular formula is C29H40O4. The van der Waals surface area contributed by atoms with E-state index in [2.05, 4.69) is 20.4 Å². The molecule has 4 heteroatoms. The standard InChI is InChI=1S/C29H40O4/c1-4-6-7-8-9-10-11-12-13-22-31-26-18-20-28(21-19-26)33-29(30)25-14-16-27(17-15-25)32-23-24(3)5-2/h4,14-21,24H,1,5-13,22-23H2,2-3H3. The highest BCUT2D eigenvalue weighted by Gasteiger charge is 2.09. The van der Waals surface area contributed by atoms with E-state index < -0.39 is 0 Å². The third-order valence-corrected chi connectivity index (χ3v) is 5.68. The molecule has 4 nitrogen and oxygen atoms in total. The number of hydrogen-bond donors (Lipinski definition) is 0. The Labute approximate surface area is 200 Å². The first-order chi connectivity index (χ1) is 16.1. The van der Waals surface area contributed by atoms with Crippen LogP contribution in [0.1, 0.15) is 82.0 Å². The minimum absolute atomic E-state index is 0.387. The zero-order chi connectivity index (χ0) is 23.7. The van der Waals surface area contributed by atoms with Crippen molar-refractivity contribution in [2.75, 3.05) is 13.2 Å². The lowest BCUT2D eigenvalue weighted by Crippen LogP contribution is -2.09. The molecule has 0 aliphatic carbocycles. The fraction of sp³-hybridized carbons (Fsp3) is 0.483. The molecule has 0 spiro atoms. The van der Waals surface area contributed by atoms with Crippen molar-refractivity contribution in [2.45, 2.75) is 71.6 Å². The maximum Gasteiger partial charge on any atom is 0.343 e. The van der Waals surface area contributed by atoms with E-state index in [1.165, 1.54) is 38.5 Å². The molecule has 0 aliphatic rings. The first-order valence-electron chi connectivity index (χ1n) is 12.4. The van der Waals surface area contributed by atoms with Crippen LogP contribution in [0.2, 0.25) is 0 Å². The van der Waals surface area contributed by atoms with Crippen LogP contribution in [-0.4, -0.2) is 19.2 Å². The van der Waals surface area contributed by atoms with Crippen molar-refractivity contribution in [1.82, 2.24) is 0 Å². The van der Waals surface area contributed by atoms with Crippen molar-refractivity contribution in [3.63, 3.8) is 0 Å². The number of rotatable bonds is 17. The summed E-state index contributed by atoms with van der Waals surface area (Å²) in [7, 11) is 0. The highest BCUT2D eigenvalue weighted by Crippen LogP contribution is 2.20. The summed E-state index contributed by atoms with van der Waals surface area (Å²) in [6, 6.07) is 14.3. The normalized spacial score (nSPS) is 11.6. The summed E-state index contributed by atoms with van der Waals surface area (Å²) in [5.74, 6) is 2.17. The van der Waals surface area contributed by atoms with Crippen LogP contribution in [0.15, 0.2) is 61.2 Å². The fourth-order valence-electron chi connectivity index (χ4n) is 3.28. The number of allylic oxidation sites excluding steroid dienone is 1. The summed E-state index contributed by atoms with van der Waals surface area (Å²) < 4.78 is 17.0. The summed E-state index contributed by atoms with van der Waals surface area (Å²) in [6.07, 6.45) is 12.9. The van der Waals surface area contributed by atoms with Crippen LogP contribution in [0.4, 0.5) is 0 Å². The van der Waals surface area contributed by atoms with Crippen molar-refractivity contribution in [2.24, 2.45) is 5.92 Å². The van der Waals surface area contributed by atoms with Crippen LogP contribution < -0.4 is 14.2 Å². The molecule has 0 N–H and O–H groups in total. The molecule has 1 unspecified atom stereocenters. The number of unbranched alkanes of at least 4 members (excludes halogenated alkanes) is 7. The predicted octanol–water partition coefficient (Wildman–Crippen LogP) is 8.02. The van der Waals surface area contributed by atoms with Gasteiger partial charge in [0.15, 0.2) is 0 Å². The van der Waals surface area contributed by atoms with Crippen LogP contribution in [0.5, 0.6) is 17.2 Å². The molecule has 0 heterocycles. The van der Waals surface area contributed by atoms with Gasteiger partial charge in [-0.15, -0.1) is 6.58 Å². The van der Waals surface area contributed by atoms with Crippen LogP contribution in [0.3, 0.4) is 0 Å². The third kappa shape index (κ3) is 11.1. The van der Waals surface area contributed by atoms with Gasteiger partial charge in [-0.05, 0) is 73.7 Å². The number of esters is 1. The van der Waals surface area contributed by atoms with Crippen molar-refractivity contribution >= 4 is 5.97 Å². The topological polar surface area (TPSA) is 44.8 Å². The van der Waals surface area contributed by atoms with E-state index in [1.54, 1.807) is 36.4 Å². The molecule has 2 rings (SSSR count). The van der Waals surface area contributed by atoms with E-state index in [-0.39, 0.29) is 5.97 Å². The molecule has 1 atom stereocenters. The lowest BCUT2D eigenvalue weighted by Gasteiger charge is -2.11. The molecule has 2 aromatic rings. The predicted molar refractivity (Wildman–Crippen MR) is 135 cm³/mol. The van der Waals surface area contributed by atoms with E-state index in [0.717, 1.165) is 30.8 Å². The van der Waals surface area contributed by atoms with Crippen LogP contribution in [0.25, 0.3) is 0 Å². The van der Waals surface area contributed by atoms with Gasteiger partial charge < -0.3 is 14.2 Å². The van der Waals surface area contributed by atoms with E-state index >= 15 is 0 Å². The molecule has 0 aliphatic heterocycles. The minimum atomic E-state index is -0.387. The van der Waals surface area contributed by atoms with Gasteiger partial charge in [-0.3, -0.25) is 0 Å². The number of hydrogen-bond acceptors (Lipinski definition) is 4. The Kier molecular flexibility index (Phi) is 12.8. The van der Waals surface area contributed by atoms with E-state index in [0.29, 0.717) is 30.4 Å². The van der Waals surface area contributed by atoms with Gasteiger partial charge in [0.05, 0.1) is 18.8 Å². The summed E-state index contributed by atoms with van der Waals surface area (Å²) >= 11 is 0. The van der Waals surface area contributed by atoms with Crippen LogP contribution in [0, 0.1) is 5.92 Å². The Morgan fingerprint density at radius 1 is 0.818 bits per heavy atom. The molecular weight excluding hydrogens is 412 g/mol. The second-order valence-corrected chi connectivity index (χ2v) is 8.61. The Hall–Kier alpha value is -2.75. The second kappa shape index (κ2) is 16.0. The van der Waals surface area contributed by atoms with E-state index in [1.807, 2.05) is 18.2 Å². The molecule has 33 heavy (non-hydrogen) atoms. The molecule has 0 radical (unpaired) electrons. The Balaban J connectivity index is 1.64. The van der Waals surface area contributed by atoms with Gasteiger partial charge >= 0.3 is 5.97 Å².